The second-order valence-electron chi connectivity index (χ2n) is 7.29. The highest BCUT2D eigenvalue weighted by atomic mass is 16.5. The predicted molar refractivity (Wildman–Crippen MR) is 91.6 cm³/mol. The number of hydrogen-bond acceptors (Lipinski definition) is 4. The molecule has 2 saturated heterocycles. The van der Waals surface area contributed by atoms with Crippen LogP contribution in [-0.4, -0.2) is 73.6 Å². The molecule has 24 heavy (non-hydrogen) atoms. The Morgan fingerprint density at radius 3 is 2.38 bits per heavy atom. The van der Waals surface area contributed by atoms with E-state index in [1.165, 1.54) is 19.3 Å². The Labute approximate surface area is 144 Å². The highest BCUT2D eigenvalue weighted by Crippen LogP contribution is 2.33. The molecular formula is C18H31N3O3. The second-order valence-corrected chi connectivity index (χ2v) is 7.29. The largest absolute Gasteiger partial charge is 0.378 e. The molecule has 0 spiro atoms. The van der Waals surface area contributed by atoms with Gasteiger partial charge in [-0.2, -0.15) is 0 Å². The van der Waals surface area contributed by atoms with Crippen molar-refractivity contribution < 1.29 is 14.3 Å². The van der Waals surface area contributed by atoms with E-state index in [-0.39, 0.29) is 23.9 Å². The van der Waals surface area contributed by atoms with E-state index < -0.39 is 0 Å². The number of nitrogens with zero attached hydrogens (tertiary/aromatic N) is 2. The average molecular weight is 337 g/mol. The molecule has 136 valence electrons. The highest BCUT2D eigenvalue weighted by molar-refractivity contribution is 5.86. The third-order valence-electron chi connectivity index (χ3n) is 5.87. The number of carbonyl (C=O) groups is 2. The van der Waals surface area contributed by atoms with E-state index in [0.717, 1.165) is 32.2 Å². The molecule has 2 atom stereocenters. The van der Waals surface area contributed by atoms with Crippen LogP contribution >= 0.6 is 0 Å². The van der Waals surface area contributed by atoms with Gasteiger partial charge in [-0.05, 0) is 38.1 Å². The Bertz CT molecular complexity index is 445. The number of likely N-dealkylation sites (N-methyl/N-ethyl adjacent to an activating group) is 1. The predicted octanol–water partition coefficient (Wildman–Crippen LogP) is 1.00. The number of amides is 2. The number of carbonyl (C=O) groups excluding carboxylic acids is 2. The number of rotatable bonds is 4. The lowest BCUT2D eigenvalue weighted by molar-refractivity contribution is -0.143. The molecule has 1 aliphatic carbocycles. The van der Waals surface area contributed by atoms with Gasteiger partial charge in [0, 0.05) is 20.1 Å². The zero-order chi connectivity index (χ0) is 16.9. The maximum absolute atomic E-state index is 13.0. The van der Waals surface area contributed by atoms with Gasteiger partial charge in [0.1, 0.15) is 0 Å². The van der Waals surface area contributed by atoms with Crippen molar-refractivity contribution in [1.82, 2.24) is 15.1 Å². The fourth-order valence-electron chi connectivity index (χ4n) is 4.61. The van der Waals surface area contributed by atoms with Crippen molar-refractivity contribution in [1.29, 1.82) is 0 Å². The molecule has 3 rings (SSSR count). The van der Waals surface area contributed by atoms with Crippen LogP contribution in [0, 0.1) is 5.92 Å². The number of morpholine rings is 1. The van der Waals surface area contributed by atoms with E-state index in [0.29, 0.717) is 32.2 Å². The monoisotopic (exact) mass is 337 g/mol. The van der Waals surface area contributed by atoms with Gasteiger partial charge in [0.05, 0.1) is 25.3 Å². The summed E-state index contributed by atoms with van der Waals surface area (Å²) in [7, 11) is 1.72. The van der Waals surface area contributed by atoms with Gasteiger partial charge in [-0.1, -0.05) is 19.3 Å². The minimum atomic E-state index is -0.146. The van der Waals surface area contributed by atoms with Crippen LogP contribution in [-0.2, 0) is 14.3 Å². The summed E-state index contributed by atoms with van der Waals surface area (Å²) in [6.07, 6.45) is 7.76. The molecular weight excluding hydrogens is 306 g/mol. The number of hydrogen-bond donors (Lipinski definition) is 1. The molecule has 0 unspecified atom stereocenters. The number of ether oxygens (including phenoxy) is 1. The molecule has 0 bridgehead atoms. The molecule has 0 radical (unpaired) electrons. The van der Waals surface area contributed by atoms with Crippen LogP contribution in [0.5, 0.6) is 0 Å². The van der Waals surface area contributed by atoms with Crippen LogP contribution in [0.1, 0.15) is 44.9 Å². The summed E-state index contributed by atoms with van der Waals surface area (Å²) < 4.78 is 5.37. The van der Waals surface area contributed by atoms with E-state index in [2.05, 4.69) is 10.2 Å². The van der Waals surface area contributed by atoms with Crippen LogP contribution in [0.15, 0.2) is 0 Å². The van der Waals surface area contributed by atoms with Gasteiger partial charge < -0.3 is 15.0 Å². The Hall–Kier alpha value is -1.14. The molecule has 3 fully saturated rings. The normalized spacial score (nSPS) is 27.9. The van der Waals surface area contributed by atoms with Gasteiger partial charge in [0.25, 0.3) is 0 Å². The molecule has 0 aromatic carbocycles. The van der Waals surface area contributed by atoms with Gasteiger partial charge in [0.15, 0.2) is 0 Å². The van der Waals surface area contributed by atoms with E-state index in [1.807, 2.05) is 4.90 Å². The minimum Gasteiger partial charge on any atom is -0.378 e. The minimum absolute atomic E-state index is 0.0866. The van der Waals surface area contributed by atoms with Crippen molar-refractivity contribution >= 4 is 11.8 Å². The maximum Gasteiger partial charge on any atom is 0.240 e. The first-order chi connectivity index (χ1) is 11.7. The summed E-state index contributed by atoms with van der Waals surface area (Å²) in [5.41, 5.74) is 0. The summed E-state index contributed by atoms with van der Waals surface area (Å²) in [5.74, 6) is 0.667. The van der Waals surface area contributed by atoms with Gasteiger partial charge >= 0.3 is 0 Å². The van der Waals surface area contributed by atoms with E-state index in [9.17, 15) is 9.59 Å². The molecule has 6 nitrogen and oxygen atoms in total. The van der Waals surface area contributed by atoms with Gasteiger partial charge in [-0.25, -0.2) is 0 Å². The smallest absolute Gasteiger partial charge is 0.240 e. The van der Waals surface area contributed by atoms with Gasteiger partial charge in [0.2, 0.25) is 11.8 Å². The summed E-state index contributed by atoms with van der Waals surface area (Å²) in [6.45, 7) is 3.46. The lowest BCUT2D eigenvalue weighted by Crippen LogP contribution is -2.57. The average Bonchev–Trinajstić information content (AvgIpc) is 3.12. The quantitative estimate of drug-likeness (QED) is 0.831. The van der Waals surface area contributed by atoms with Crippen molar-refractivity contribution in [3.63, 3.8) is 0 Å². The Balaban J connectivity index is 1.74. The number of nitrogens with one attached hydrogen (secondary N) is 1. The first-order valence-corrected chi connectivity index (χ1v) is 9.56. The molecule has 0 aromatic rings. The van der Waals surface area contributed by atoms with Gasteiger partial charge in [-0.3, -0.25) is 14.5 Å². The van der Waals surface area contributed by atoms with Crippen LogP contribution < -0.4 is 5.32 Å². The SMILES string of the molecule is CNC(=O)[C@@H](C1CCCCC1)N1CCC[C@H]1C(=O)N1CCOCC1. The summed E-state index contributed by atoms with van der Waals surface area (Å²) in [5, 5.41) is 2.85. The third kappa shape index (κ3) is 3.75. The van der Waals surface area contributed by atoms with Crippen LogP contribution in [0.25, 0.3) is 0 Å². The lowest BCUT2D eigenvalue weighted by Gasteiger charge is -2.39. The van der Waals surface area contributed by atoms with E-state index in [4.69, 9.17) is 4.74 Å². The zero-order valence-corrected chi connectivity index (χ0v) is 14.8. The van der Waals surface area contributed by atoms with Crippen LogP contribution in [0.3, 0.4) is 0 Å². The first kappa shape index (κ1) is 17.7. The van der Waals surface area contributed by atoms with Crippen LogP contribution in [0.2, 0.25) is 0 Å². The molecule has 3 aliphatic rings. The molecule has 2 amide bonds. The van der Waals surface area contributed by atoms with Crippen molar-refractivity contribution in [2.75, 3.05) is 39.9 Å². The topological polar surface area (TPSA) is 61.9 Å². The van der Waals surface area contributed by atoms with Crippen molar-refractivity contribution in [3.8, 4) is 0 Å². The molecule has 2 heterocycles. The molecule has 6 heteroatoms. The Morgan fingerprint density at radius 2 is 1.71 bits per heavy atom. The Kier molecular flexibility index (Phi) is 6.11. The van der Waals surface area contributed by atoms with Crippen molar-refractivity contribution in [2.45, 2.75) is 57.0 Å². The van der Waals surface area contributed by atoms with E-state index in [1.54, 1.807) is 7.05 Å². The summed E-state index contributed by atoms with van der Waals surface area (Å²) in [6, 6.07) is -0.278. The first-order valence-electron chi connectivity index (χ1n) is 9.56. The second kappa shape index (κ2) is 8.30. The number of likely N-dealkylation sites (tertiary alicyclic amines) is 1. The standard InChI is InChI=1S/C18H31N3O3/c1-19-17(22)16(14-6-3-2-4-7-14)21-9-5-8-15(21)18(23)20-10-12-24-13-11-20/h14-16H,2-13H2,1H3,(H,19,22)/t15-,16+/m0/s1. The van der Waals surface area contributed by atoms with Crippen LogP contribution in [0.4, 0.5) is 0 Å². The maximum atomic E-state index is 13.0. The van der Waals surface area contributed by atoms with Crippen molar-refractivity contribution in [2.24, 2.45) is 5.92 Å². The summed E-state index contributed by atoms with van der Waals surface area (Å²) >= 11 is 0. The Morgan fingerprint density at radius 1 is 1.00 bits per heavy atom. The fraction of sp³-hybridized carbons (Fsp3) is 0.889. The summed E-state index contributed by atoms with van der Waals surface area (Å²) in [4.78, 5) is 29.8. The lowest BCUT2D eigenvalue weighted by atomic mass is 9.82. The zero-order valence-electron chi connectivity index (χ0n) is 14.8. The molecule has 1 N–H and O–H groups in total. The van der Waals surface area contributed by atoms with Gasteiger partial charge in [-0.15, -0.1) is 0 Å². The molecule has 2 aliphatic heterocycles. The molecule has 0 aromatic heterocycles. The van der Waals surface area contributed by atoms with Crippen molar-refractivity contribution in [3.05, 3.63) is 0 Å². The van der Waals surface area contributed by atoms with E-state index >= 15 is 0 Å². The third-order valence-corrected chi connectivity index (χ3v) is 5.87. The highest BCUT2D eigenvalue weighted by Gasteiger charge is 2.43. The molecule has 1 saturated carbocycles. The fourth-order valence-corrected chi connectivity index (χ4v) is 4.61.